The third-order valence-electron chi connectivity index (χ3n) is 6.21. The van der Waals surface area contributed by atoms with Crippen LogP contribution in [-0.4, -0.2) is 44.9 Å². The lowest BCUT2D eigenvalue weighted by Crippen LogP contribution is -2.32. The first-order valence-corrected chi connectivity index (χ1v) is 11.9. The minimum Gasteiger partial charge on any atom is -0.474 e. The molecule has 166 valence electrons. The topological polar surface area (TPSA) is 141 Å². The Morgan fingerprint density at radius 2 is 2.26 bits per heavy atom. The molecule has 10 nitrogen and oxygen atoms in total. The number of aliphatic hydroxyl groups excluding tert-OH is 1. The average Bonchev–Trinajstić information content (AvgIpc) is 3.45. The van der Waals surface area contributed by atoms with Crippen LogP contribution in [0.15, 0.2) is 21.5 Å². The maximum atomic E-state index is 13.1. The van der Waals surface area contributed by atoms with E-state index in [1.807, 2.05) is 0 Å². The van der Waals surface area contributed by atoms with Crippen LogP contribution in [0.25, 0.3) is 0 Å². The quantitative estimate of drug-likeness (QED) is 0.654. The molecule has 1 aliphatic heterocycles. The van der Waals surface area contributed by atoms with Crippen LogP contribution in [-0.2, 0) is 40.5 Å². The van der Waals surface area contributed by atoms with Crippen LogP contribution >= 0.6 is 0 Å². The number of ether oxygens (including phenoxy) is 2. The Hall–Kier alpha value is -2.47. The Labute approximate surface area is 180 Å². The number of methoxy groups -OCH3 is 1. The number of carbonyl (C=O) groups excluding carboxylic acids is 1. The van der Waals surface area contributed by atoms with Crippen molar-refractivity contribution in [2.45, 2.75) is 55.8 Å². The molecule has 3 aliphatic rings. The Kier molecular flexibility index (Phi) is 5.00. The van der Waals surface area contributed by atoms with E-state index in [1.165, 1.54) is 10.9 Å². The van der Waals surface area contributed by atoms with E-state index < -0.39 is 22.1 Å². The molecule has 0 spiro atoms. The molecular weight excluding hydrogens is 422 g/mol. The van der Waals surface area contributed by atoms with Gasteiger partial charge in [0.15, 0.2) is 9.92 Å². The molecule has 4 N–H and O–H groups in total. The predicted octanol–water partition coefficient (Wildman–Crippen LogP) is 1.69. The second kappa shape index (κ2) is 7.59. The summed E-state index contributed by atoms with van der Waals surface area (Å²) in [5.74, 6) is 0.238. The number of rotatable bonds is 3. The summed E-state index contributed by atoms with van der Waals surface area (Å²) in [7, 11) is -2.00. The molecule has 2 amide bonds. The predicted molar refractivity (Wildman–Crippen MR) is 112 cm³/mol. The van der Waals surface area contributed by atoms with Gasteiger partial charge in [-0.15, -0.1) is 4.36 Å². The molecule has 2 heterocycles. The highest BCUT2D eigenvalue weighted by Gasteiger charge is 2.31. The molecule has 1 aromatic heterocycles. The van der Waals surface area contributed by atoms with E-state index in [2.05, 4.69) is 20.8 Å². The first-order valence-electron chi connectivity index (χ1n) is 10.3. The number of urea groups is 1. The molecule has 0 radical (unpaired) electrons. The van der Waals surface area contributed by atoms with Gasteiger partial charge in [-0.1, -0.05) is 6.07 Å². The Balaban J connectivity index is 1.46. The molecule has 31 heavy (non-hydrogen) atoms. The van der Waals surface area contributed by atoms with E-state index in [-0.39, 0.29) is 23.5 Å². The van der Waals surface area contributed by atoms with Gasteiger partial charge in [-0.05, 0) is 54.4 Å². The lowest BCUT2D eigenvalue weighted by molar-refractivity contribution is 0.0165. The smallest absolute Gasteiger partial charge is 0.354 e. The SMILES string of the molecule is COC1COc2c(S(N)(=O)=NC(=O)Nc3c4c(cc5c3CCC5O)CCC4)cnn2C1. The number of aryl methyl sites for hydroxylation is 1. The van der Waals surface area contributed by atoms with Crippen molar-refractivity contribution in [2.24, 2.45) is 9.50 Å². The van der Waals surface area contributed by atoms with Gasteiger partial charge in [0.05, 0.1) is 18.8 Å². The van der Waals surface area contributed by atoms with Crippen LogP contribution in [0.5, 0.6) is 5.88 Å². The second-order valence-electron chi connectivity index (χ2n) is 8.12. The standard InChI is InChI=1S/C20H25N5O5S/c1-29-12-9-25-19(30-10-12)17(8-22-25)31(21,28)24-20(27)23-18-13-4-2-3-11(13)7-15-14(18)5-6-16(15)26/h7-8,12,16,26H,2-6,9-10H2,1H3,(H3,21,23,24,27,28). The fourth-order valence-corrected chi connectivity index (χ4v) is 5.67. The molecule has 11 heteroatoms. The number of aromatic nitrogens is 2. The summed E-state index contributed by atoms with van der Waals surface area (Å²) < 4.78 is 29.3. The van der Waals surface area contributed by atoms with Gasteiger partial charge >= 0.3 is 6.03 Å². The zero-order valence-corrected chi connectivity index (χ0v) is 18.0. The molecule has 0 bridgehead atoms. The summed E-state index contributed by atoms with van der Waals surface area (Å²) in [6.07, 6.45) is 4.65. The van der Waals surface area contributed by atoms with Gasteiger partial charge in [0.25, 0.3) is 0 Å². The van der Waals surface area contributed by atoms with Crippen molar-refractivity contribution in [3.8, 4) is 5.88 Å². The number of anilines is 1. The monoisotopic (exact) mass is 447 g/mol. The first kappa shape index (κ1) is 20.4. The number of aliphatic hydroxyl groups is 1. The van der Waals surface area contributed by atoms with Gasteiger partial charge in [-0.25, -0.2) is 18.8 Å². The number of hydrogen-bond donors (Lipinski definition) is 3. The second-order valence-corrected chi connectivity index (χ2v) is 9.88. The Bertz CT molecular complexity index is 1180. The number of hydrogen-bond acceptors (Lipinski definition) is 6. The normalized spacial score (nSPS) is 23.3. The maximum Gasteiger partial charge on any atom is 0.354 e. The number of fused-ring (bicyclic) bond motifs is 3. The molecule has 3 atom stereocenters. The third-order valence-corrected chi connectivity index (χ3v) is 7.56. The van der Waals surface area contributed by atoms with Crippen molar-refractivity contribution < 1.29 is 23.6 Å². The van der Waals surface area contributed by atoms with Crippen LogP contribution in [0, 0.1) is 0 Å². The number of amides is 2. The van der Waals surface area contributed by atoms with Crippen molar-refractivity contribution in [1.29, 1.82) is 0 Å². The summed E-state index contributed by atoms with van der Waals surface area (Å²) in [5.41, 5.74) is 4.67. The van der Waals surface area contributed by atoms with E-state index in [4.69, 9.17) is 14.6 Å². The van der Waals surface area contributed by atoms with Gasteiger partial charge in [-0.2, -0.15) is 5.10 Å². The van der Waals surface area contributed by atoms with Gasteiger partial charge < -0.3 is 19.9 Å². The Morgan fingerprint density at radius 3 is 3.06 bits per heavy atom. The van der Waals surface area contributed by atoms with E-state index in [0.29, 0.717) is 25.1 Å². The van der Waals surface area contributed by atoms with Crippen molar-refractivity contribution in [3.63, 3.8) is 0 Å². The molecule has 3 unspecified atom stereocenters. The summed E-state index contributed by atoms with van der Waals surface area (Å²) in [6.45, 7) is 0.694. The summed E-state index contributed by atoms with van der Waals surface area (Å²) in [6, 6.07) is 1.26. The molecule has 0 fully saturated rings. The van der Waals surface area contributed by atoms with Crippen molar-refractivity contribution in [1.82, 2.24) is 9.78 Å². The maximum absolute atomic E-state index is 13.1. The van der Waals surface area contributed by atoms with Crippen LogP contribution in [0.3, 0.4) is 0 Å². The zero-order valence-electron chi connectivity index (χ0n) is 17.2. The van der Waals surface area contributed by atoms with Gasteiger partial charge in [0.2, 0.25) is 5.88 Å². The van der Waals surface area contributed by atoms with Crippen LogP contribution in [0.1, 0.15) is 41.2 Å². The highest BCUT2D eigenvalue weighted by molar-refractivity contribution is 7.91. The minimum atomic E-state index is -3.58. The van der Waals surface area contributed by atoms with Crippen molar-refractivity contribution >= 4 is 21.6 Å². The number of nitrogens with zero attached hydrogens (tertiary/aromatic N) is 3. The molecule has 0 saturated carbocycles. The van der Waals surface area contributed by atoms with E-state index >= 15 is 0 Å². The van der Waals surface area contributed by atoms with E-state index in [1.54, 1.807) is 7.11 Å². The van der Waals surface area contributed by atoms with E-state index in [9.17, 15) is 14.1 Å². The van der Waals surface area contributed by atoms with Crippen LogP contribution < -0.4 is 15.2 Å². The summed E-state index contributed by atoms with van der Waals surface area (Å²) >= 11 is 0. The molecule has 0 saturated heterocycles. The third kappa shape index (κ3) is 3.51. The Morgan fingerprint density at radius 1 is 1.42 bits per heavy atom. The lowest BCUT2D eigenvalue weighted by atomic mass is 9.98. The number of benzene rings is 1. The minimum absolute atomic E-state index is 0.0798. The summed E-state index contributed by atoms with van der Waals surface area (Å²) in [5, 5.41) is 23.2. The highest BCUT2D eigenvalue weighted by Crippen LogP contribution is 2.42. The summed E-state index contributed by atoms with van der Waals surface area (Å²) in [4.78, 5) is 12.9. The van der Waals surface area contributed by atoms with Crippen LogP contribution in [0.4, 0.5) is 10.5 Å². The molecular formula is C20H25N5O5S. The average molecular weight is 448 g/mol. The number of nitrogens with two attached hydrogens (primary N) is 1. The molecule has 5 rings (SSSR count). The van der Waals surface area contributed by atoms with Crippen LogP contribution in [0.2, 0.25) is 0 Å². The largest absolute Gasteiger partial charge is 0.474 e. The molecule has 1 aromatic carbocycles. The number of carbonyl (C=O) groups is 1. The van der Waals surface area contributed by atoms with E-state index in [0.717, 1.165) is 41.5 Å². The van der Waals surface area contributed by atoms with Gasteiger partial charge in [-0.3, -0.25) is 0 Å². The lowest BCUT2D eigenvalue weighted by Gasteiger charge is -2.23. The first-order chi connectivity index (χ1) is 14.9. The fraction of sp³-hybridized carbons (Fsp3) is 0.500. The molecule has 2 aliphatic carbocycles. The van der Waals surface area contributed by atoms with Crippen molar-refractivity contribution in [2.75, 3.05) is 19.0 Å². The van der Waals surface area contributed by atoms with Crippen molar-refractivity contribution in [3.05, 3.63) is 34.5 Å². The fourth-order valence-electron chi connectivity index (χ4n) is 4.66. The zero-order chi connectivity index (χ0) is 21.8. The molecule has 2 aromatic rings. The number of nitrogens with one attached hydrogen (secondary N) is 1. The van der Waals surface area contributed by atoms with Gasteiger partial charge in [0, 0.05) is 12.8 Å². The van der Waals surface area contributed by atoms with Gasteiger partial charge in [0.1, 0.15) is 17.6 Å². The highest BCUT2D eigenvalue weighted by atomic mass is 32.2.